The summed E-state index contributed by atoms with van der Waals surface area (Å²) >= 11 is 6.55. The van der Waals surface area contributed by atoms with Crippen molar-refractivity contribution in [3.05, 3.63) is 64.1 Å². The number of benzene rings is 1. The lowest BCUT2D eigenvalue weighted by atomic mass is 9.79. The van der Waals surface area contributed by atoms with Gasteiger partial charge in [0.25, 0.3) is 0 Å². The van der Waals surface area contributed by atoms with Crippen molar-refractivity contribution in [2.45, 2.75) is 38.6 Å². The topological polar surface area (TPSA) is 21.1 Å². The summed E-state index contributed by atoms with van der Waals surface area (Å²) in [5.41, 5.74) is 6.81. The molecule has 26 heavy (non-hydrogen) atoms. The molecule has 0 atom stereocenters. The number of aryl methyl sites for hydroxylation is 1. The van der Waals surface area contributed by atoms with E-state index in [1.165, 1.54) is 33.3 Å². The number of aromatic nitrogens is 2. The third-order valence-corrected chi connectivity index (χ3v) is 6.02. The van der Waals surface area contributed by atoms with E-state index >= 15 is 0 Å². The van der Waals surface area contributed by atoms with Crippen LogP contribution < -0.4 is 0 Å². The monoisotopic (exact) mass is 367 g/mol. The summed E-state index contributed by atoms with van der Waals surface area (Å²) in [5, 5.41) is 2.15. The second-order valence-corrected chi connectivity index (χ2v) is 8.67. The van der Waals surface area contributed by atoms with Crippen molar-refractivity contribution in [2.24, 2.45) is 7.05 Å². The third-order valence-electron chi connectivity index (χ3n) is 5.80. The Morgan fingerprint density at radius 2 is 2.04 bits per heavy atom. The molecule has 0 saturated heterocycles. The first-order valence-electron chi connectivity index (χ1n) is 9.24. The van der Waals surface area contributed by atoms with E-state index in [2.05, 4.69) is 60.6 Å². The molecule has 1 aliphatic heterocycles. The maximum absolute atomic E-state index is 6.55. The molecule has 3 heterocycles. The highest BCUT2D eigenvalue weighted by molar-refractivity contribution is 6.31. The van der Waals surface area contributed by atoms with Gasteiger partial charge in [-0.05, 0) is 53.8 Å². The van der Waals surface area contributed by atoms with Gasteiger partial charge in [0.05, 0.1) is 5.52 Å². The minimum absolute atomic E-state index is 0.00651. The van der Waals surface area contributed by atoms with Crippen LogP contribution in [-0.4, -0.2) is 28.0 Å². The molecule has 0 amide bonds. The van der Waals surface area contributed by atoms with E-state index < -0.39 is 0 Å². The molecule has 0 N–H and O–H groups in total. The highest BCUT2D eigenvalue weighted by Crippen LogP contribution is 2.37. The van der Waals surface area contributed by atoms with Crippen LogP contribution in [0.1, 0.15) is 36.2 Å². The molecule has 0 radical (unpaired) electrons. The van der Waals surface area contributed by atoms with Crippen molar-refractivity contribution in [1.82, 2.24) is 14.5 Å². The van der Waals surface area contributed by atoms with Gasteiger partial charge in [0.1, 0.15) is 0 Å². The zero-order valence-electron chi connectivity index (χ0n) is 16.0. The van der Waals surface area contributed by atoms with Crippen LogP contribution in [0, 0.1) is 0 Å². The maximum atomic E-state index is 6.55. The Balaban J connectivity index is 1.86. The minimum Gasteiger partial charge on any atom is -0.347 e. The number of fused-ring (bicyclic) bond motifs is 3. The average molecular weight is 368 g/mol. The fourth-order valence-corrected chi connectivity index (χ4v) is 4.63. The predicted octanol–water partition coefficient (Wildman–Crippen LogP) is 4.73. The lowest BCUT2D eigenvalue weighted by molar-refractivity contribution is 0.310. The largest absolute Gasteiger partial charge is 0.347 e. The minimum atomic E-state index is -0.00651. The second-order valence-electron chi connectivity index (χ2n) is 8.24. The van der Waals surface area contributed by atoms with Gasteiger partial charge >= 0.3 is 0 Å². The molecule has 4 heteroatoms. The predicted molar refractivity (Wildman–Crippen MR) is 109 cm³/mol. The smallest absolute Gasteiger partial charge is 0.0517 e. The normalized spacial score (nSPS) is 15.4. The van der Waals surface area contributed by atoms with Gasteiger partial charge in [-0.2, -0.15) is 0 Å². The van der Waals surface area contributed by atoms with Gasteiger partial charge < -0.3 is 9.47 Å². The van der Waals surface area contributed by atoms with Crippen molar-refractivity contribution < 1.29 is 0 Å². The summed E-state index contributed by atoms with van der Waals surface area (Å²) in [7, 11) is 4.40. The molecular weight excluding hydrogens is 342 g/mol. The number of likely N-dealkylation sites (N-methyl/N-ethyl adjacent to an activating group) is 1. The van der Waals surface area contributed by atoms with E-state index in [0.717, 1.165) is 31.0 Å². The van der Waals surface area contributed by atoms with Crippen LogP contribution in [0.2, 0.25) is 5.02 Å². The molecule has 4 rings (SSSR count). The molecule has 0 unspecified atom stereocenters. The van der Waals surface area contributed by atoms with E-state index in [4.69, 9.17) is 11.6 Å². The second kappa shape index (κ2) is 6.40. The molecule has 1 aliphatic rings. The zero-order chi connectivity index (χ0) is 18.5. The first-order chi connectivity index (χ1) is 12.4. The fraction of sp³-hybridized carbons (Fsp3) is 0.409. The standard InChI is InChI=1S/C22H26ClN3/c1-22(2,16-6-5-8-24-13-16)12-15-10-17(23)11-18-19-14-25(3)9-7-20(19)26(4)21(15)18/h5-6,8,10-11,13H,7,9,12,14H2,1-4H3. The Hall–Kier alpha value is -1.84. The molecule has 136 valence electrons. The Kier molecular flexibility index (Phi) is 4.32. The van der Waals surface area contributed by atoms with Gasteiger partial charge in [-0.25, -0.2) is 0 Å². The molecule has 0 saturated carbocycles. The Morgan fingerprint density at radius 1 is 1.23 bits per heavy atom. The molecule has 0 aliphatic carbocycles. The van der Waals surface area contributed by atoms with Crippen molar-refractivity contribution in [1.29, 1.82) is 0 Å². The van der Waals surface area contributed by atoms with E-state index in [-0.39, 0.29) is 5.41 Å². The quantitative estimate of drug-likeness (QED) is 0.667. The summed E-state index contributed by atoms with van der Waals surface area (Å²) in [6, 6.07) is 8.48. The molecule has 1 aromatic carbocycles. The first kappa shape index (κ1) is 17.6. The SMILES string of the molecule is CN1CCc2c(c3cc(Cl)cc(CC(C)(C)c4cccnc4)c3n2C)C1. The molecule has 2 aromatic heterocycles. The fourth-order valence-electron chi connectivity index (χ4n) is 4.39. The summed E-state index contributed by atoms with van der Waals surface area (Å²) in [6.45, 7) is 6.68. The molecular formula is C22H26ClN3. The van der Waals surface area contributed by atoms with Crippen LogP contribution >= 0.6 is 11.6 Å². The Bertz CT molecular complexity index is 957. The first-order valence-corrected chi connectivity index (χ1v) is 9.62. The Labute approximate surface area is 160 Å². The van der Waals surface area contributed by atoms with Crippen LogP contribution in [0.3, 0.4) is 0 Å². The van der Waals surface area contributed by atoms with Gasteiger partial charge in [-0.1, -0.05) is 31.5 Å². The highest BCUT2D eigenvalue weighted by Gasteiger charge is 2.27. The summed E-state index contributed by atoms with van der Waals surface area (Å²) in [4.78, 5) is 6.71. The van der Waals surface area contributed by atoms with Crippen LogP contribution in [0.25, 0.3) is 10.9 Å². The average Bonchev–Trinajstić information content (AvgIpc) is 2.87. The Morgan fingerprint density at radius 3 is 2.77 bits per heavy atom. The maximum Gasteiger partial charge on any atom is 0.0517 e. The van der Waals surface area contributed by atoms with Crippen LogP contribution in [0.15, 0.2) is 36.7 Å². The van der Waals surface area contributed by atoms with Gasteiger partial charge in [0.2, 0.25) is 0 Å². The van der Waals surface area contributed by atoms with Crippen LogP contribution in [0.4, 0.5) is 0 Å². The lowest BCUT2D eigenvalue weighted by Gasteiger charge is -2.26. The highest BCUT2D eigenvalue weighted by atomic mass is 35.5. The van der Waals surface area contributed by atoms with Crippen LogP contribution in [0.5, 0.6) is 0 Å². The summed E-state index contributed by atoms with van der Waals surface area (Å²) < 4.78 is 2.41. The molecule has 0 bridgehead atoms. The van der Waals surface area contributed by atoms with E-state index in [1.807, 2.05) is 18.5 Å². The number of hydrogen-bond donors (Lipinski definition) is 0. The number of pyridine rings is 1. The van der Waals surface area contributed by atoms with Crippen molar-refractivity contribution in [3.63, 3.8) is 0 Å². The third kappa shape index (κ3) is 2.93. The number of nitrogens with zero attached hydrogens (tertiary/aromatic N) is 3. The number of hydrogen-bond acceptors (Lipinski definition) is 2. The van der Waals surface area contributed by atoms with Gasteiger partial charge in [-0.3, -0.25) is 4.98 Å². The lowest BCUT2D eigenvalue weighted by Crippen LogP contribution is -2.26. The number of halogens is 1. The van der Waals surface area contributed by atoms with Crippen molar-refractivity contribution in [3.8, 4) is 0 Å². The number of rotatable bonds is 3. The summed E-state index contributed by atoms with van der Waals surface area (Å²) in [6.07, 6.45) is 5.84. The molecule has 3 aromatic rings. The molecule has 3 nitrogen and oxygen atoms in total. The van der Waals surface area contributed by atoms with Gasteiger partial charge in [0, 0.05) is 55.1 Å². The zero-order valence-corrected chi connectivity index (χ0v) is 16.8. The van der Waals surface area contributed by atoms with Gasteiger partial charge in [0.15, 0.2) is 0 Å². The van der Waals surface area contributed by atoms with E-state index in [9.17, 15) is 0 Å². The van der Waals surface area contributed by atoms with E-state index in [1.54, 1.807) is 0 Å². The summed E-state index contributed by atoms with van der Waals surface area (Å²) in [5.74, 6) is 0. The van der Waals surface area contributed by atoms with Crippen LogP contribution in [-0.2, 0) is 31.8 Å². The molecule has 0 fully saturated rings. The van der Waals surface area contributed by atoms with E-state index in [0.29, 0.717) is 0 Å². The van der Waals surface area contributed by atoms with Gasteiger partial charge in [-0.15, -0.1) is 0 Å². The van der Waals surface area contributed by atoms with Crippen molar-refractivity contribution in [2.75, 3.05) is 13.6 Å². The molecule has 0 spiro atoms. The van der Waals surface area contributed by atoms with Crippen molar-refractivity contribution >= 4 is 22.5 Å².